The molecule has 2 heterocycles. The van der Waals surface area contributed by atoms with Gasteiger partial charge in [0.25, 0.3) is 11.1 Å². The second kappa shape index (κ2) is 8.72. The molecule has 3 amide bonds. The highest BCUT2D eigenvalue weighted by atomic mass is 79.9. The summed E-state index contributed by atoms with van der Waals surface area (Å²) in [6.07, 6.45) is 3.72. The summed E-state index contributed by atoms with van der Waals surface area (Å²) in [5, 5.41) is 3.28. The number of fused-ring (bicyclic) bond motifs is 1. The lowest BCUT2D eigenvalue weighted by Gasteiger charge is -2.13. The summed E-state index contributed by atoms with van der Waals surface area (Å²) in [7, 11) is 0. The Morgan fingerprint density at radius 1 is 1.13 bits per heavy atom. The van der Waals surface area contributed by atoms with Crippen molar-refractivity contribution >= 4 is 67.4 Å². The molecule has 2 aromatic carbocycles. The minimum absolute atomic E-state index is 0.253. The number of para-hydroxylation sites is 2. The number of nitrogens with one attached hydrogen (secondary N) is 1. The largest absolute Gasteiger partial charge is 0.344 e. The molecule has 0 bridgehead atoms. The number of amides is 3. The molecule has 0 atom stereocenters. The molecule has 6 nitrogen and oxygen atoms in total. The van der Waals surface area contributed by atoms with Crippen LogP contribution < -0.4 is 5.32 Å². The molecule has 0 unspecified atom stereocenters. The third-order valence-corrected chi connectivity index (χ3v) is 6.54. The van der Waals surface area contributed by atoms with Crippen LogP contribution in [0.4, 0.5) is 10.5 Å². The van der Waals surface area contributed by atoms with Gasteiger partial charge in [0.2, 0.25) is 5.91 Å². The van der Waals surface area contributed by atoms with Gasteiger partial charge in [-0.05, 0) is 65.8 Å². The SMILES string of the molecule is CC(C)n1cc(/C=C2/SC(=O)N(CC(=O)Nc3ccccc3Br)C2=O)c2ccccc21. The number of nitrogens with zero attached hydrogens (tertiary/aromatic N) is 2. The maximum absolute atomic E-state index is 12.9. The van der Waals surface area contributed by atoms with E-state index in [1.54, 1.807) is 24.3 Å². The molecule has 1 aliphatic rings. The first-order valence-electron chi connectivity index (χ1n) is 9.74. The minimum atomic E-state index is -0.460. The molecule has 1 fully saturated rings. The van der Waals surface area contributed by atoms with Gasteiger partial charge < -0.3 is 9.88 Å². The fraction of sp³-hybridized carbons (Fsp3) is 0.174. The number of halogens is 1. The van der Waals surface area contributed by atoms with Crippen molar-refractivity contribution in [2.24, 2.45) is 0 Å². The first-order chi connectivity index (χ1) is 14.8. The molecule has 0 radical (unpaired) electrons. The lowest BCUT2D eigenvalue weighted by Crippen LogP contribution is -2.36. The van der Waals surface area contributed by atoms with Crippen LogP contribution in [0.3, 0.4) is 0 Å². The number of carbonyl (C=O) groups excluding carboxylic acids is 3. The van der Waals surface area contributed by atoms with Crippen molar-refractivity contribution in [1.82, 2.24) is 9.47 Å². The molecule has 3 aromatic rings. The standard InChI is InChI=1S/C23H20BrN3O3S/c1-14(2)26-12-15(16-7-3-6-10-19(16)26)11-20-22(29)27(23(30)31-20)13-21(28)25-18-9-5-4-8-17(18)24/h3-12,14H,13H2,1-2H3,(H,25,28)/b20-11+. The van der Waals surface area contributed by atoms with Gasteiger partial charge in [0, 0.05) is 33.2 Å². The molecule has 4 rings (SSSR count). The van der Waals surface area contributed by atoms with Crippen LogP contribution in [-0.4, -0.2) is 33.1 Å². The van der Waals surface area contributed by atoms with Crippen LogP contribution in [0.25, 0.3) is 17.0 Å². The number of aromatic nitrogens is 1. The molecule has 8 heteroatoms. The van der Waals surface area contributed by atoms with Crippen molar-refractivity contribution in [3.8, 4) is 0 Å². The second-order valence-corrected chi connectivity index (χ2v) is 9.25. The highest BCUT2D eigenvalue weighted by Gasteiger charge is 2.36. The van der Waals surface area contributed by atoms with Gasteiger partial charge in [-0.25, -0.2) is 0 Å². The second-order valence-electron chi connectivity index (χ2n) is 7.40. The molecule has 0 aliphatic carbocycles. The van der Waals surface area contributed by atoms with Gasteiger partial charge in [0.05, 0.1) is 10.6 Å². The van der Waals surface area contributed by atoms with E-state index >= 15 is 0 Å². The van der Waals surface area contributed by atoms with Crippen molar-refractivity contribution in [3.05, 3.63) is 69.7 Å². The van der Waals surface area contributed by atoms with Crippen molar-refractivity contribution in [3.63, 3.8) is 0 Å². The number of thioether (sulfide) groups is 1. The van der Waals surface area contributed by atoms with Gasteiger partial charge in [0.15, 0.2) is 0 Å². The predicted octanol–water partition coefficient (Wildman–Crippen LogP) is 5.66. The Morgan fingerprint density at radius 3 is 2.58 bits per heavy atom. The van der Waals surface area contributed by atoms with Crippen molar-refractivity contribution in [1.29, 1.82) is 0 Å². The van der Waals surface area contributed by atoms with E-state index < -0.39 is 17.1 Å². The van der Waals surface area contributed by atoms with Crippen molar-refractivity contribution < 1.29 is 14.4 Å². The first kappa shape index (κ1) is 21.4. The Bertz CT molecular complexity index is 1230. The van der Waals surface area contributed by atoms with Gasteiger partial charge in [-0.15, -0.1) is 0 Å². The van der Waals surface area contributed by atoms with Gasteiger partial charge in [-0.2, -0.15) is 0 Å². The van der Waals surface area contributed by atoms with Crippen LogP contribution in [0.15, 0.2) is 64.1 Å². The predicted molar refractivity (Wildman–Crippen MR) is 128 cm³/mol. The molecule has 31 heavy (non-hydrogen) atoms. The van der Waals surface area contributed by atoms with Gasteiger partial charge in [0.1, 0.15) is 6.54 Å². The highest BCUT2D eigenvalue weighted by Crippen LogP contribution is 2.34. The molecular formula is C23H20BrN3O3S. The third-order valence-electron chi connectivity index (χ3n) is 4.94. The average Bonchev–Trinajstić information content (AvgIpc) is 3.23. The fourth-order valence-electron chi connectivity index (χ4n) is 3.45. The average molecular weight is 498 g/mol. The highest BCUT2D eigenvalue weighted by molar-refractivity contribution is 9.10. The topological polar surface area (TPSA) is 71.4 Å². The summed E-state index contributed by atoms with van der Waals surface area (Å²) in [5.41, 5.74) is 2.51. The lowest BCUT2D eigenvalue weighted by molar-refractivity contribution is -0.127. The summed E-state index contributed by atoms with van der Waals surface area (Å²) >= 11 is 4.22. The molecule has 0 saturated carbocycles. The summed E-state index contributed by atoms with van der Waals surface area (Å²) < 4.78 is 2.86. The van der Waals surface area contributed by atoms with Gasteiger partial charge in [-0.3, -0.25) is 19.3 Å². The number of hydrogen-bond donors (Lipinski definition) is 1. The number of imide groups is 1. The van der Waals surface area contributed by atoms with Crippen LogP contribution in [0, 0.1) is 0 Å². The maximum Gasteiger partial charge on any atom is 0.294 e. The fourth-order valence-corrected chi connectivity index (χ4v) is 4.66. The molecular weight excluding hydrogens is 478 g/mol. The Labute approximate surface area is 192 Å². The maximum atomic E-state index is 12.9. The Morgan fingerprint density at radius 2 is 1.84 bits per heavy atom. The van der Waals surface area contributed by atoms with Crippen LogP contribution in [0.5, 0.6) is 0 Å². The van der Waals surface area contributed by atoms with Gasteiger partial charge in [-0.1, -0.05) is 30.3 Å². The third kappa shape index (κ3) is 4.31. The summed E-state index contributed by atoms with van der Waals surface area (Å²) in [6, 6.07) is 15.4. The molecule has 1 N–H and O–H groups in total. The number of carbonyl (C=O) groups is 3. The Balaban J connectivity index is 1.56. The van der Waals surface area contributed by atoms with Crippen LogP contribution in [0.1, 0.15) is 25.5 Å². The van der Waals surface area contributed by atoms with E-state index in [2.05, 4.69) is 39.7 Å². The first-order valence-corrected chi connectivity index (χ1v) is 11.4. The van der Waals surface area contributed by atoms with E-state index in [0.29, 0.717) is 10.6 Å². The van der Waals surface area contributed by atoms with Crippen molar-refractivity contribution in [2.75, 3.05) is 11.9 Å². The van der Waals surface area contributed by atoms with E-state index in [4.69, 9.17) is 0 Å². The molecule has 158 valence electrons. The normalized spacial score (nSPS) is 15.5. The summed E-state index contributed by atoms with van der Waals surface area (Å²) in [6.45, 7) is 3.85. The van der Waals surface area contributed by atoms with Crippen LogP contribution >= 0.6 is 27.7 Å². The van der Waals surface area contributed by atoms with E-state index in [-0.39, 0.29) is 12.6 Å². The monoisotopic (exact) mass is 497 g/mol. The number of hydrogen-bond acceptors (Lipinski definition) is 4. The molecule has 1 saturated heterocycles. The van der Waals surface area contributed by atoms with E-state index in [9.17, 15) is 14.4 Å². The molecule has 1 aliphatic heterocycles. The quantitative estimate of drug-likeness (QED) is 0.461. The van der Waals surface area contributed by atoms with E-state index in [1.165, 1.54) is 0 Å². The zero-order valence-corrected chi connectivity index (χ0v) is 19.4. The zero-order chi connectivity index (χ0) is 22.1. The number of rotatable bonds is 5. The smallest absolute Gasteiger partial charge is 0.294 e. The van der Waals surface area contributed by atoms with Crippen LogP contribution in [0.2, 0.25) is 0 Å². The van der Waals surface area contributed by atoms with E-state index in [0.717, 1.165) is 37.6 Å². The number of benzene rings is 2. The number of anilines is 1. The molecule has 1 aromatic heterocycles. The zero-order valence-electron chi connectivity index (χ0n) is 17.0. The van der Waals surface area contributed by atoms with E-state index in [1.807, 2.05) is 36.5 Å². The van der Waals surface area contributed by atoms with Crippen molar-refractivity contribution in [2.45, 2.75) is 19.9 Å². The van der Waals surface area contributed by atoms with Crippen LogP contribution in [-0.2, 0) is 9.59 Å². The lowest BCUT2D eigenvalue weighted by atomic mass is 10.1. The summed E-state index contributed by atoms with van der Waals surface area (Å²) in [5.74, 6) is -0.898. The summed E-state index contributed by atoms with van der Waals surface area (Å²) in [4.78, 5) is 39.0. The molecule has 0 spiro atoms. The van der Waals surface area contributed by atoms with Gasteiger partial charge >= 0.3 is 0 Å². The minimum Gasteiger partial charge on any atom is -0.344 e. The Kier molecular flexibility index (Phi) is 6.02. The Hall–Kier alpha value is -2.84.